The Bertz CT molecular complexity index is 769. The van der Waals surface area contributed by atoms with E-state index in [0.717, 1.165) is 20.2 Å². The Balaban J connectivity index is 2.31. The average Bonchev–Trinajstić information content (AvgIpc) is 2.74. The molecule has 0 atom stereocenters. The van der Waals surface area contributed by atoms with E-state index in [1.807, 2.05) is 0 Å². The van der Waals surface area contributed by atoms with Gasteiger partial charge in [0.1, 0.15) is 0 Å². The number of fused-ring (bicyclic) bond motifs is 3. The van der Waals surface area contributed by atoms with E-state index in [1.165, 1.54) is 29.5 Å². The second kappa shape index (κ2) is 4.03. The van der Waals surface area contributed by atoms with E-state index in [1.54, 1.807) is 18.2 Å². The summed E-state index contributed by atoms with van der Waals surface area (Å²) in [7, 11) is 0. The number of thiophene rings is 1. The van der Waals surface area contributed by atoms with Crippen LogP contribution in [0, 0.1) is 10.1 Å². The van der Waals surface area contributed by atoms with E-state index in [0.29, 0.717) is 0 Å². The highest BCUT2D eigenvalue weighted by Crippen LogP contribution is 2.36. The van der Waals surface area contributed by atoms with Crippen LogP contribution in [0.4, 0.5) is 5.69 Å². The summed E-state index contributed by atoms with van der Waals surface area (Å²) in [6.45, 7) is 0. The first kappa shape index (κ1) is 11.6. The van der Waals surface area contributed by atoms with Gasteiger partial charge in [0.25, 0.3) is 5.69 Å². The SMILES string of the molecule is O=C(O)c1ccc2c(c1)sc1cc([N+](=O)[O-])ccc12. The van der Waals surface area contributed by atoms with Gasteiger partial charge in [0.15, 0.2) is 0 Å². The maximum Gasteiger partial charge on any atom is 0.335 e. The van der Waals surface area contributed by atoms with E-state index in [9.17, 15) is 14.9 Å². The van der Waals surface area contributed by atoms with Crippen molar-refractivity contribution in [3.05, 3.63) is 52.1 Å². The van der Waals surface area contributed by atoms with E-state index in [4.69, 9.17) is 5.11 Å². The molecule has 0 saturated carbocycles. The predicted molar refractivity (Wildman–Crippen MR) is 72.9 cm³/mol. The number of nitro groups is 1. The molecule has 0 amide bonds. The van der Waals surface area contributed by atoms with Crippen molar-refractivity contribution in [1.29, 1.82) is 0 Å². The maximum atomic E-state index is 10.9. The van der Waals surface area contributed by atoms with Gasteiger partial charge in [-0.15, -0.1) is 11.3 Å². The lowest BCUT2D eigenvalue weighted by molar-refractivity contribution is -0.384. The lowest BCUT2D eigenvalue weighted by atomic mass is 10.1. The highest BCUT2D eigenvalue weighted by atomic mass is 32.1. The summed E-state index contributed by atoms with van der Waals surface area (Å²) in [6.07, 6.45) is 0. The number of hydrogen-bond donors (Lipinski definition) is 1. The van der Waals surface area contributed by atoms with Gasteiger partial charge >= 0.3 is 5.97 Å². The minimum absolute atomic E-state index is 0.0394. The molecule has 2 aromatic carbocycles. The van der Waals surface area contributed by atoms with Gasteiger partial charge in [-0.25, -0.2) is 4.79 Å². The largest absolute Gasteiger partial charge is 0.478 e. The van der Waals surface area contributed by atoms with Gasteiger partial charge in [0.2, 0.25) is 0 Å². The van der Waals surface area contributed by atoms with Crippen LogP contribution in [0.3, 0.4) is 0 Å². The Kier molecular flexibility index (Phi) is 2.46. The molecule has 0 saturated heterocycles. The first-order valence-electron chi connectivity index (χ1n) is 5.40. The lowest BCUT2D eigenvalue weighted by Gasteiger charge is -1.94. The second-order valence-corrected chi connectivity index (χ2v) is 5.14. The van der Waals surface area contributed by atoms with Crippen molar-refractivity contribution in [2.24, 2.45) is 0 Å². The Morgan fingerprint density at radius 3 is 2.37 bits per heavy atom. The molecule has 3 rings (SSSR count). The normalized spacial score (nSPS) is 10.9. The van der Waals surface area contributed by atoms with Crippen molar-refractivity contribution in [1.82, 2.24) is 0 Å². The molecule has 0 radical (unpaired) electrons. The number of benzene rings is 2. The third kappa shape index (κ3) is 1.82. The molecular weight excluding hydrogens is 266 g/mol. The smallest absolute Gasteiger partial charge is 0.335 e. The minimum Gasteiger partial charge on any atom is -0.478 e. The van der Waals surface area contributed by atoms with Crippen LogP contribution < -0.4 is 0 Å². The number of nitro benzene ring substituents is 1. The van der Waals surface area contributed by atoms with E-state index >= 15 is 0 Å². The molecule has 5 nitrogen and oxygen atoms in total. The summed E-state index contributed by atoms with van der Waals surface area (Å²) in [5.74, 6) is -0.981. The Morgan fingerprint density at radius 2 is 1.74 bits per heavy atom. The molecule has 0 spiro atoms. The summed E-state index contributed by atoms with van der Waals surface area (Å²) >= 11 is 1.36. The Hall–Kier alpha value is -2.47. The van der Waals surface area contributed by atoms with Crippen LogP contribution >= 0.6 is 11.3 Å². The van der Waals surface area contributed by atoms with E-state index < -0.39 is 10.9 Å². The first-order valence-corrected chi connectivity index (χ1v) is 6.22. The summed E-state index contributed by atoms with van der Waals surface area (Å²) in [5, 5.41) is 21.5. The number of carbonyl (C=O) groups is 1. The number of rotatable bonds is 2. The highest BCUT2D eigenvalue weighted by molar-refractivity contribution is 7.25. The molecule has 1 N–H and O–H groups in total. The van der Waals surface area contributed by atoms with Crippen LogP contribution in [0.15, 0.2) is 36.4 Å². The van der Waals surface area contributed by atoms with Crippen LogP contribution in [-0.4, -0.2) is 16.0 Å². The van der Waals surface area contributed by atoms with Gasteiger partial charge in [-0.3, -0.25) is 10.1 Å². The Morgan fingerprint density at radius 1 is 1.11 bits per heavy atom. The quantitative estimate of drug-likeness (QED) is 0.570. The average molecular weight is 273 g/mol. The van der Waals surface area contributed by atoms with Crippen LogP contribution in [0.5, 0.6) is 0 Å². The Labute approximate surface area is 110 Å². The third-order valence-electron chi connectivity index (χ3n) is 2.91. The summed E-state index contributed by atoms with van der Waals surface area (Å²) < 4.78 is 1.60. The molecule has 1 heterocycles. The molecule has 0 aliphatic carbocycles. The lowest BCUT2D eigenvalue weighted by Crippen LogP contribution is -1.94. The molecule has 1 aromatic heterocycles. The standard InChI is InChI=1S/C13H7NO4S/c15-13(16)7-1-3-9-10-4-2-8(14(17)18)6-12(10)19-11(9)5-7/h1-6H,(H,15,16). The van der Waals surface area contributed by atoms with Crippen LogP contribution in [0.25, 0.3) is 20.2 Å². The topological polar surface area (TPSA) is 80.4 Å². The zero-order valence-electron chi connectivity index (χ0n) is 9.49. The molecular formula is C13H7NO4S. The van der Waals surface area contributed by atoms with Crippen LogP contribution in [-0.2, 0) is 0 Å². The van der Waals surface area contributed by atoms with Crippen LogP contribution in [0.2, 0.25) is 0 Å². The molecule has 3 aromatic rings. The fourth-order valence-corrected chi connectivity index (χ4v) is 3.19. The molecule has 6 heteroatoms. The molecule has 0 aliphatic rings. The van der Waals surface area contributed by atoms with Gasteiger partial charge in [-0.05, 0) is 18.2 Å². The summed E-state index contributed by atoms with van der Waals surface area (Å²) in [5.41, 5.74) is 0.256. The molecule has 0 fully saturated rings. The molecule has 0 unspecified atom stereocenters. The van der Waals surface area contributed by atoms with Crippen molar-refractivity contribution in [3.8, 4) is 0 Å². The van der Waals surface area contributed by atoms with Gasteiger partial charge in [-0.2, -0.15) is 0 Å². The van der Waals surface area contributed by atoms with Crippen molar-refractivity contribution in [2.75, 3.05) is 0 Å². The van der Waals surface area contributed by atoms with Crippen LogP contribution in [0.1, 0.15) is 10.4 Å². The highest BCUT2D eigenvalue weighted by Gasteiger charge is 2.12. The number of carboxylic acid groups (broad SMARTS) is 1. The molecule has 94 valence electrons. The van der Waals surface area contributed by atoms with E-state index in [-0.39, 0.29) is 11.3 Å². The predicted octanol–water partition coefficient (Wildman–Crippen LogP) is 3.66. The van der Waals surface area contributed by atoms with Crippen molar-refractivity contribution >= 4 is 43.2 Å². The number of nitrogens with zero attached hydrogens (tertiary/aromatic N) is 1. The van der Waals surface area contributed by atoms with E-state index in [2.05, 4.69) is 0 Å². The van der Waals surface area contributed by atoms with Crippen molar-refractivity contribution in [3.63, 3.8) is 0 Å². The van der Waals surface area contributed by atoms with Crippen molar-refractivity contribution < 1.29 is 14.8 Å². The second-order valence-electron chi connectivity index (χ2n) is 4.06. The number of hydrogen-bond acceptors (Lipinski definition) is 4. The van der Waals surface area contributed by atoms with Gasteiger partial charge in [0.05, 0.1) is 10.5 Å². The van der Waals surface area contributed by atoms with Crippen molar-refractivity contribution in [2.45, 2.75) is 0 Å². The number of carboxylic acids is 1. The van der Waals surface area contributed by atoms with Gasteiger partial charge in [-0.1, -0.05) is 6.07 Å². The third-order valence-corrected chi connectivity index (χ3v) is 4.03. The first-order chi connectivity index (χ1) is 9.06. The zero-order chi connectivity index (χ0) is 13.6. The molecule has 19 heavy (non-hydrogen) atoms. The summed E-state index contributed by atoms with van der Waals surface area (Å²) in [4.78, 5) is 21.2. The van der Waals surface area contributed by atoms with Gasteiger partial charge < -0.3 is 5.11 Å². The number of non-ortho nitro benzene ring substituents is 1. The fourth-order valence-electron chi connectivity index (χ4n) is 2.01. The number of aromatic carboxylic acids is 1. The minimum atomic E-state index is -0.981. The zero-order valence-corrected chi connectivity index (χ0v) is 10.3. The monoisotopic (exact) mass is 273 g/mol. The van der Waals surface area contributed by atoms with Gasteiger partial charge in [0, 0.05) is 32.3 Å². The maximum absolute atomic E-state index is 10.9. The molecule has 0 bridgehead atoms. The fraction of sp³-hybridized carbons (Fsp3) is 0. The molecule has 0 aliphatic heterocycles. The summed E-state index contributed by atoms with van der Waals surface area (Å²) in [6, 6.07) is 9.54.